The van der Waals surface area contributed by atoms with Crippen LogP contribution in [0.2, 0.25) is 0 Å². The molecule has 0 fully saturated rings. The van der Waals surface area contributed by atoms with Crippen molar-refractivity contribution in [3.63, 3.8) is 0 Å². The highest BCUT2D eigenvalue weighted by atomic mass is 16.5. The Hall–Kier alpha value is -5.48. The molecular formula is C34H31N5O5. The first-order chi connectivity index (χ1) is 21.5. The molecule has 0 saturated heterocycles. The van der Waals surface area contributed by atoms with Gasteiger partial charge in [-0.15, -0.1) is 0 Å². The van der Waals surface area contributed by atoms with E-state index in [1.165, 1.54) is 6.20 Å². The third-order valence-corrected chi connectivity index (χ3v) is 7.37. The third kappa shape index (κ3) is 6.16. The SMILES string of the molecule is COc1cc2nccc(Oc3ccc(NC(=O)c4cc(C5=CCNCC5)cn(Cc5ccccc5)c4=O)nc3)c2cc1OC. The standard InChI is InChI=1S/C34H31N5O5/c1-42-30-17-26-28(18-31(30)43-2)36-15-12-29(26)44-25-8-9-32(37-19-25)38-33(40)27-16-24(23-10-13-35-14-11-23)21-39(34(27)41)20-22-6-4-3-5-7-22/h3-10,12,15-19,21,35H,11,13-14,20H2,1-2H3,(H,37,38,40). The molecule has 0 spiro atoms. The monoisotopic (exact) mass is 589 g/mol. The molecule has 10 heteroatoms. The van der Waals surface area contributed by atoms with E-state index in [1.807, 2.05) is 36.5 Å². The van der Waals surface area contributed by atoms with Gasteiger partial charge in [0.15, 0.2) is 11.5 Å². The quantitative estimate of drug-likeness (QED) is 0.239. The van der Waals surface area contributed by atoms with Gasteiger partial charge in [-0.25, -0.2) is 4.98 Å². The van der Waals surface area contributed by atoms with E-state index in [1.54, 1.807) is 61.4 Å². The summed E-state index contributed by atoms with van der Waals surface area (Å²) in [6, 6.07) is 20.0. The van der Waals surface area contributed by atoms with Crippen LogP contribution in [0.4, 0.5) is 5.82 Å². The van der Waals surface area contributed by atoms with Crippen molar-refractivity contribution >= 4 is 28.2 Å². The highest BCUT2D eigenvalue weighted by Gasteiger charge is 2.18. The highest BCUT2D eigenvalue weighted by molar-refractivity contribution is 6.04. The first-order valence-corrected chi connectivity index (χ1v) is 14.2. The fourth-order valence-electron chi connectivity index (χ4n) is 5.12. The van der Waals surface area contributed by atoms with Crippen LogP contribution in [0.25, 0.3) is 16.5 Å². The number of pyridine rings is 3. The lowest BCUT2D eigenvalue weighted by Crippen LogP contribution is -2.30. The lowest BCUT2D eigenvalue weighted by molar-refractivity contribution is 0.102. The number of hydrogen-bond acceptors (Lipinski definition) is 8. The smallest absolute Gasteiger partial charge is 0.263 e. The maximum Gasteiger partial charge on any atom is 0.263 e. The number of methoxy groups -OCH3 is 2. The Labute approximate surface area is 254 Å². The van der Waals surface area contributed by atoms with Crippen molar-refractivity contribution in [3.8, 4) is 23.0 Å². The van der Waals surface area contributed by atoms with E-state index in [0.29, 0.717) is 35.1 Å². The lowest BCUT2D eigenvalue weighted by atomic mass is 10.00. The minimum absolute atomic E-state index is 0.0487. The number of anilines is 1. The number of nitrogens with one attached hydrogen (secondary N) is 2. The summed E-state index contributed by atoms with van der Waals surface area (Å²) >= 11 is 0. The predicted molar refractivity (Wildman–Crippen MR) is 169 cm³/mol. The maximum atomic E-state index is 13.5. The molecule has 2 N–H and O–H groups in total. The second-order valence-electron chi connectivity index (χ2n) is 10.2. The normalized spacial score (nSPS) is 12.8. The molecule has 44 heavy (non-hydrogen) atoms. The Morgan fingerprint density at radius 2 is 1.80 bits per heavy atom. The van der Waals surface area contributed by atoms with Gasteiger partial charge in [0.05, 0.1) is 32.5 Å². The van der Waals surface area contributed by atoms with Crippen molar-refractivity contribution in [1.82, 2.24) is 19.9 Å². The van der Waals surface area contributed by atoms with Crippen molar-refractivity contribution in [3.05, 3.63) is 118 Å². The number of ether oxygens (including phenoxy) is 3. The molecule has 10 nitrogen and oxygen atoms in total. The van der Waals surface area contributed by atoms with Crippen LogP contribution in [-0.2, 0) is 6.54 Å². The van der Waals surface area contributed by atoms with Crippen molar-refractivity contribution in [1.29, 1.82) is 0 Å². The number of carbonyl (C=O) groups is 1. The van der Waals surface area contributed by atoms with Gasteiger partial charge in [0.25, 0.3) is 11.5 Å². The molecular weight excluding hydrogens is 558 g/mol. The molecule has 1 aliphatic rings. The van der Waals surface area contributed by atoms with Crippen LogP contribution >= 0.6 is 0 Å². The van der Waals surface area contributed by atoms with Crippen LogP contribution in [0, 0.1) is 0 Å². The number of hydrogen-bond donors (Lipinski definition) is 2. The molecule has 0 bridgehead atoms. The van der Waals surface area contributed by atoms with Crippen LogP contribution in [0.5, 0.6) is 23.0 Å². The summed E-state index contributed by atoms with van der Waals surface area (Å²) in [6.07, 6.45) is 7.89. The number of nitrogens with zero attached hydrogens (tertiary/aromatic N) is 3. The minimum atomic E-state index is -0.532. The molecule has 222 valence electrons. The van der Waals surface area contributed by atoms with Gasteiger partial charge in [0.2, 0.25) is 0 Å². The first kappa shape index (κ1) is 28.6. The van der Waals surface area contributed by atoms with E-state index >= 15 is 0 Å². The summed E-state index contributed by atoms with van der Waals surface area (Å²) in [7, 11) is 3.14. The molecule has 0 aliphatic carbocycles. The fourth-order valence-corrected chi connectivity index (χ4v) is 5.12. The molecule has 1 aliphatic heterocycles. The van der Waals surface area contributed by atoms with Crippen molar-refractivity contribution in [2.45, 2.75) is 13.0 Å². The fraction of sp³-hybridized carbons (Fsp3) is 0.176. The van der Waals surface area contributed by atoms with Gasteiger partial charge < -0.3 is 29.4 Å². The summed E-state index contributed by atoms with van der Waals surface area (Å²) in [5.41, 5.74) is 3.27. The Balaban J connectivity index is 1.24. The zero-order valence-corrected chi connectivity index (χ0v) is 24.4. The van der Waals surface area contributed by atoms with Crippen molar-refractivity contribution in [2.75, 3.05) is 32.6 Å². The zero-order chi connectivity index (χ0) is 30.5. The molecule has 3 aromatic heterocycles. The van der Waals surface area contributed by atoms with Gasteiger partial charge in [-0.05, 0) is 60.0 Å². The van der Waals surface area contributed by atoms with Crippen molar-refractivity contribution < 1.29 is 19.0 Å². The number of carbonyl (C=O) groups excluding carboxylic acids is 1. The molecule has 6 rings (SSSR count). The van der Waals surface area contributed by atoms with E-state index < -0.39 is 5.91 Å². The summed E-state index contributed by atoms with van der Waals surface area (Å²) in [6.45, 7) is 1.93. The van der Waals surface area contributed by atoms with Crippen LogP contribution in [0.1, 0.15) is 27.9 Å². The summed E-state index contributed by atoms with van der Waals surface area (Å²) in [4.78, 5) is 35.7. The number of benzene rings is 2. The summed E-state index contributed by atoms with van der Waals surface area (Å²) in [5, 5.41) is 6.81. The van der Waals surface area contributed by atoms with Crippen molar-refractivity contribution in [2.24, 2.45) is 0 Å². The lowest BCUT2D eigenvalue weighted by Gasteiger charge is -2.17. The highest BCUT2D eigenvalue weighted by Crippen LogP contribution is 2.36. The van der Waals surface area contributed by atoms with Gasteiger partial charge in [-0.3, -0.25) is 14.6 Å². The number of amides is 1. The second-order valence-corrected chi connectivity index (χ2v) is 10.2. The molecule has 0 radical (unpaired) electrons. The van der Waals surface area contributed by atoms with Crippen LogP contribution in [-0.4, -0.2) is 47.8 Å². The van der Waals surface area contributed by atoms with E-state index in [0.717, 1.165) is 41.6 Å². The zero-order valence-electron chi connectivity index (χ0n) is 24.4. The van der Waals surface area contributed by atoms with Gasteiger partial charge in [0, 0.05) is 30.4 Å². The van der Waals surface area contributed by atoms with E-state index in [-0.39, 0.29) is 16.9 Å². The van der Waals surface area contributed by atoms with Crippen LogP contribution < -0.4 is 30.4 Å². The Morgan fingerprint density at radius 3 is 2.52 bits per heavy atom. The number of rotatable bonds is 9. The average molecular weight is 590 g/mol. The average Bonchev–Trinajstić information content (AvgIpc) is 3.07. The molecule has 0 atom stereocenters. The first-order valence-electron chi connectivity index (χ1n) is 14.2. The molecule has 1 amide bonds. The predicted octanol–water partition coefficient (Wildman–Crippen LogP) is 5.28. The van der Waals surface area contributed by atoms with Crippen LogP contribution in [0.3, 0.4) is 0 Å². The Bertz CT molecular complexity index is 1900. The third-order valence-electron chi connectivity index (χ3n) is 7.37. The molecule has 2 aromatic carbocycles. The molecule has 0 unspecified atom stereocenters. The maximum absolute atomic E-state index is 13.5. The second kappa shape index (κ2) is 12.8. The minimum Gasteiger partial charge on any atom is -0.493 e. The van der Waals surface area contributed by atoms with E-state index in [4.69, 9.17) is 14.2 Å². The van der Waals surface area contributed by atoms with Gasteiger partial charge in [-0.1, -0.05) is 36.4 Å². The van der Waals surface area contributed by atoms with Gasteiger partial charge >= 0.3 is 0 Å². The number of aromatic nitrogens is 3. The molecule has 0 saturated carbocycles. The van der Waals surface area contributed by atoms with Gasteiger partial charge in [0.1, 0.15) is 22.9 Å². The Kier molecular flexibility index (Phi) is 8.33. The Morgan fingerprint density at radius 1 is 0.977 bits per heavy atom. The topological polar surface area (TPSA) is 117 Å². The summed E-state index contributed by atoms with van der Waals surface area (Å²) < 4.78 is 18.5. The number of fused-ring (bicyclic) bond motifs is 1. The summed E-state index contributed by atoms with van der Waals surface area (Å²) in [5.74, 6) is 1.88. The molecule has 4 heterocycles. The van der Waals surface area contributed by atoms with Gasteiger partial charge in [-0.2, -0.15) is 0 Å². The molecule has 5 aromatic rings. The van der Waals surface area contributed by atoms with Crippen LogP contribution in [0.15, 0.2) is 96.2 Å². The largest absolute Gasteiger partial charge is 0.493 e. The van der Waals surface area contributed by atoms with E-state index in [9.17, 15) is 9.59 Å². The van der Waals surface area contributed by atoms with E-state index in [2.05, 4.69) is 26.7 Å².